The number of allylic oxidation sites excluding steroid dienone is 1. The van der Waals surface area contributed by atoms with Gasteiger partial charge in [0.15, 0.2) is 5.94 Å². The summed E-state index contributed by atoms with van der Waals surface area (Å²) in [7, 11) is 0. The SMILES string of the molecule is O=C=C1c2cccc(NC/C=C/CBr)c2CN1C1CCC(=O)NC1=O. The van der Waals surface area contributed by atoms with Crippen LogP contribution in [-0.4, -0.2) is 40.6 Å². The van der Waals surface area contributed by atoms with Crippen LogP contribution in [0.5, 0.6) is 0 Å². The summed E-state index contributed by atoms with van der Waals surface area (Å²) in [4.78, 5) is 36.9. The lowest BCUT2D eigenvalue weighted by Crippen LogP contribution is -2.50. The van der Waals surface area contributed by atoms with Gasteiger partial charge in [-0.15, -0.1) is 0 Å². The van der Waals surface area contributed by atoms with Crippen LogP contribution in [0.1, 0.15) is 24.0 Å². The van der Waals surface area contributed by atoms with Gasteiger partial charge in [-0.1, -0.05) is 40.2 Å². The number of rotatable bonds is 5. The molecule has 6 nitrogen and oxygen atoms in total. The number of alkyl halides is 1. The minimum atomic E-state index is -0.525. The van der Waals surface area contributed by atoms with E-state index >= 15 is 0 Å². The largest absolute Gasteiger partial charge is 0.381 e. The van der Waals surface area contributed by atoms with Crippen LogP contribution in [0.4, 0.5) is 5.69 Å². The Kier molecular flexibility index (Phi) is 5.36. The van der Waals surface area contributed by atoms with E-state index in [1.807, 2.05) is 36.3 Å². The molecule has 25 heavy (non-hydrogen) atoms. The maximum Gasteiger partial charge on any atom is 0.249 e. The Morgan fingerprint density at radius 3 is 2.92 bits per heavy atom. The predicted octanol–water partition coefficient (Wildman–Crippen LogP) is 1.84. The highest BCUT2D eigenvalue weighted by Crippen LogP contribution is 2.38. The van der Waals surface area contributed by atoms with Gasteiger partial charge >= 0.3 is 0 Å². The molecule has 1 unspecified atom stereocenters. The number of carbonyl (C=O) groups excluding carboxylic acids is 3. The highest BCUT2D eigenvalue weighted by Gasteiger charge is 2.38. The molecule has 130 valence electrons. The first-order valence-electron chi connectivity index (χ1n) is 8.08. The molecule has 0 aromatic heterocycles. The zero-order chi connectivity index (χ0) is 17.8. The van der Waals surface area contributed by atoms with Crippen molar-refractivity contribution in [3.05, 3.63) is 41.5 Å². The van der Waals surface area contributed by atoms with Crippen molar-refractivity contribution in [2.45, 2.75) is 25.4 Å². The van der Waals surface area contributed by atoms with Crippen molar-refractivity contribution in [3.8, 4) is 0 Å². The average Bonchev–Trinajstić information content (AvgIpc) is 2.97. The van der Waals surface area contributed by atoms with Crippen molar-refractivity contribution < 1.29 is 14.4 Å². The van der Waals surface area contributed by atoms with Crippen molar-refractivity contribution in [1.29, 1.82) is 0 Å². The van der Waals surface area contributed by atoms with E-state index in [0.717, 1.165) is 22.1 Å². The number of piperidine rings is 1. The number of benzene rings is 1. The molecular weight excluding hydrogens is 386 g/mol. The van der Waals surface area contributed by atoms with Crippen LogP contribution < -0.4 is 10.6 Å². The lowest BCUT2D eigenvalue weighted by molar-refractivity contribution is -0.136. The summed E-state index contributed by atoms with van der Waals surface area (Å²) < 4.78 is 0. The Morgan fingerprint density at radius 2 is 2.20 bits per heavy atom. The molecule has 1 atom stereocenters. The summed E-state index contributed by atoms with van der Waals surface area (Å²) in [6.45, 7) is 1.11. The monoisotopic (exact) mass is 403 g/mol. The lowest BCUT2D eigenvalue weighted by atomic mass is 10.0. The van der Waals surface area contributed by atoms with Crippen LogP contribution >= 0.6 is 15.9 Å². The van der Waals surface area contributed by atoms with E-state index in [0.29, 0.717) is 25.2 Å². The fraction of sp³-hybridized carbons (Fsp3) is 0.333. The standard InChI is InChI=1S/C18H18BrN3O3/c19-8-1-2-9-20-14-5-3-4-12-13(14)10-22(16(12)11-23)15-6-7-17(24)21-18(15)25/h1-5,15,20H,6-10H2,(H,21,24,25)/b2-1+. The summed E-state index contributed by atoms with van der Waals surface area (Å²) >= 11 is 3.34. The fourth-order valence-corrected chi connectivity index (χ4v) is 3.49. The molecule has 2 amide bonds. The van der Waals surface area contributed by atoms with Gasteiger partial charge in [0.2, 0.25) is 11.8 Å². The van der Waals surface area contributed by atoms with E-state index in [1.165, 1.54) is 0 Å². The second-order valence-electron chi connectivity index (χ2n) is 5.88. The molecule has 0 bridgehead atoms. The minimum absolute atomic E-state index is 0.268. The highest BCUT2D eigenvalue weighted by molar-refractivity contribution is 9.09. The number of hydrogen-bond donors (Lipinski definition) is 2. The van der Waals surface area contributed by atoms with Gasteiger partial charge < -0.3 is 10.2 Å². The first-order chi connectivity index (χ1) is 12.2. The smallest absolute Gasteiger partial charge is 0.249 e. The quantitative estimate of drug-likeness (QED) is 0.339. The van der Waals surface area contributed by atoms with Crippen LogP contribution in [0.25, 0.3) is 5.70 Å². The molecule has 3 rings (SSSR count). The van der Waals surface area contributed by atoms with Gasteiger partial charge in [0, 0.05) is 41.7 Å². The van der Waals surface area contributed by atoms with E-state index in [2.05, 4.69) is 26.6 Å². The molecule has 1 saturated heterocycles. The van der Waals surface area contributed by atoms with E-state index < -0.39 is 6.04 Å². The van der Waals surface area contributed by atoms with Crippen LogP contribution in [0, 0.1) is 0 Å². The fourth-order valence-electron chi connectivity index (χ4n) is 3.22. The van der Waals surface area contributed by atoms with Gasteiger partial charge in [0.25, 0.3) is 0 Å². The van der Waals surface area contributed by atoms with Crippen molar-refractivity contribution in [2.24, 2.45) is 0 Å². The van der Waals surface area contributed by atoms with E-state index in [9.17, 15) is 14.4 Å². The summed E-state index contributed by atoms with van der Waals surface area (Å²) in [5.41, 5.74) is 3.07. The molecule has 1 aromatic carbocycles. The lowest BCUT2D eigenvalue weighted by Gasteiger charge is -2.30. The maximum atomic E-state index is 12.2. The zero-order valence-electron chi connectivity index (χ0n) is 13.5. The van der Waals surface area contributed by atoms with Crippen molar-refractivity contribution in [3.63, 3.8) is 0 Å². The Labute approximate surface area is 154 Å². The second-order valence-corrected chi connectivity index (χ2v) is 6.53. The predicted molar refractivity (Wildman–Crippen MR) is 98.7 cm³/mol. The van der Waals surface area contributed by atoms with E-state index in [1.54, 1.807) is 4.90 Å². The molecule has 0 aliphatic carbocycles. The Bertz CT molecular complexity index is 784. The molecule has 1 aromatic rings. The molecule has 1 fully saturated rings. The third-order valence-corrected chi connectivity index (χ3v) is 4.77. The number of anilines is 1. The maximum absolute atomic E-state index is 12.2. The molecule has 2 aliphatic heterocycles. The Balaban J connectivity index is 1.85. The van der Waals surface area contributed by atoms with Gasteiger partial charge in [-0.2, -0.15) is 0 Å². The Hall–Kier alpha value is -2.37. The average molecular weight is 404 g/mol. The zero-order valence-corrected chi connectivity index (χ0v) is 15.1. The molecule has 0 spiro atoms. The second kappa shape index (κ2) is 7.68. The number of imide groups is 1. The number of hydrogen-bond acceptors (Lipinski definition) is 5. The number of amides is 2. The minimum Gasteiger partial charge on any atom is -0.381 e. The number of fused-ring (bicyclic) bond motifs is 1. The number of nitrogens with one attached hydrogen (secondary N) is 2. The normalized spacial score (nSPS) is 19.8. The molecule has 2 heterocycles. The van der Waals surface area contributed by atoms with Crippen molar-refractivity contribution in [2.75, 3.05) is 17.2 Å². The first kappa shape index (κ1) is 17.5. The topological polar surface area (TPSA) is 78.5 Å². The van der Waals surface area contributed by atoms with Gasteiger partial charge in [0.05, 0.1) is 0 Å². The number of nitrogens with zero attached hydrogens (tertiary/aromatic N) is 1. The third-order valence-electron chi connectivity index (χ3n) is 4.40. The van der Waals surface area contributed by atoms with Crippen LogP contribution in [0.3, 0.4) is 0 Å². The van der Waals surface area contributed by atoms with Crippen molar-refractivity contribution >= 4 is 45.1 Å². The van der Waals surface area contributed by atoms with Crippen LogP contribution in [-0.2, 0) is 20.9 Å². The van der Waals surface area contributed by atoms with E-state index in [-0.39, 0.29) is 18.2 Å². The molecule has 7 heteroatoms. The molecule has 2 N–H and O–H groups in total. The van der Waals surface area contributed by atoms with Gasteiger partial charge in [0.1, 0.15) is 11.7 Å². The molecule has 2 aliphatic rings. The third kappa shape index (κ3) is 3.52. The summed E-state index contributed by atoms with van der Waals surface area (Å²) in [5, 5.41) is 6.48. The van der Waals surface area contributed by atoms with E-state index in [4.69, 9.17) is 0 Å². The summed E-state index contributed by atoms with van der Waals surface area (Å²) in [6, 6.07) is 5.17. The molecule has 0 saturated carbocycles. The van der Waals surface area contributed by atoms with Gasteiger partial charge in [-0.25, -0.2) is 4.79 Å². The van der Waals surface area contributed by atoms with Gasteiger partial charge in [-0.05, 0) is 12.5 Å². The Morgan fingerprint density at radius 1 is 1.36 bits per heavy atom. The highest BCUT2D eigenvalue weighted by atomic mass is 79.9. The number of carbonyl (C=O) groups is 2. The molecule has 0 radical (unpaired) electrons. The first-order valence-corrected chi connectivity index (χ1v) is 9.20. The van der Waals surface area contributed by atoms with Crippen LogP contribution in [0.15, 0.2) is 30.4 Å². The number of halogens is 1. The van der Waals surface area contributed by atoms with Gasteiger partial charge in [-0.3, -0.25) is 14.9 Å². The van der Waals surface area contributed by atoms with Crippen LogP contribution in [0.2, 0.25) is 0 Å². The summed E-state index contributed by atoms with van der Waals surface area (Å²) in [5.74, 6) is 1.36. The summed E-state index contributed by atoms with van der Waals surface area (Å²) in [6.07, 6.45) is 4.69. The molecular formula is C18H18BrN3O3. The van der Waals surface area contributed by atoms with Crippen molar-refractivity contribution in [1.82, 2.24) is 10.2 Å².